The molecule has 1 fully saturated rings. The van der Waals surface area contributed by atoms with Crippen molar-refractivity contribution in [3.63, 3.8) is 0 Å². The second-order valence-corrected chi connectivity index (χ2v) is 4.42. The Hall–Kier alpha value is -0.120. The molecule has 0 amide bonds. The Morgan fingerprint density at radius 2 is 1.36 bits per heavy atom. The topological polar surface area (TPSA) is 44.5 Å². The highest BCUT2D eigenvalue weighted by Crippen LogP contribution is 2.24. The van der Waals surface area contributed by atoms with Gasteiger partial charge in [-0.3, -0.25) is 0 Å². The van der Waals surface area contributed by atoms with E-state index in [0.717, 1.165) is 25.7 Å². The summed E-state index contributed by atoms with van der Waals surface area (Å²) in [5.41, 5.74) is 5.59. The monoisotopic (exact) mass is 201 g/mol. The summed E-state index contributed by atoms with van der Waals surface area (Å²) < 4.78 is 11.3. The molecule has 1 unspecified atom stereocenters. The molecule has 0 aromatic heterocycles. The van der Waals surface area contributed by atoms with Crippen molar-refractivity contribution in [1.82, 2.24) is 0 Å². The molecule has 3 nitrogen and oxygen atoms in total. The zero-order chi connectivity index (χ0) is 10.6. The molecular formula is C11H23NO2. The molecule has 84 valence electrons. The third-order valence-corrected chi connectivity index (χ3v) is 2.49. The van der Waals surface area contributed by atoms with Gasteiger partial charge in [0.05, 0.1) is 18.3 Å². The van der Waals surface area contributed by atoms with Gasteiger partial charge in [0.1, 0.15) is 6.23 Å². The Labute approximate surface area is 86.9 Å². The van der Waals surface area contributed by atoms with Gasteiger partial charge in [-0.25, -0.2) is 0 Å². The van der Waals surface area contributed by atoms with Crippen LogP contribution in [0.2, 0.25) is 0 Å². The normalized spacial score (nSPS) is 30.6. The molecule has 0 saturated heterocycles. The van der Waals surface area contributed by atoms with Crippen molar-refractivity contribution in [2.24, 2.45) is 5.73 Å². The van der Waals surface area contributed by atoms with Gasteiger partial charge in [0.25, 0.3) is 0 Å². The Kier molecular flexibility index (Phi) is 4.85. The van der Waals surface area contributed by atoms with Crippen molar-refractivity contribution >= 4 is 0 Å². The van der Waals surface area contributed by atoms with Crippen LogP contribution in [0.15, 0.2) is 0 Å². The number of rotatable bonds is 4. The van der Waals surface area contributed by atoms with E-state index in [1.54, 1.807) is 0 Å². The van der Waals surface area contributed by atoms with E-state index in [-0.39, 0.29) is 6.23 Å². The van der Waals surface area contributed by atoms with Gasteiger partial charge >= 0.3 is 0 Å². The minimum absolute atomic E-state index is 0.137. The molecule has 1 atom stereocenters. The van der Waals surface area contributed by atoms with Crippen LogP contribution in [0.4, 0.5) is 0 Å². The van der Waals surface area contributed by atoms with Gasteiger partial charge in [-0.1, -0.05) is 0 Å². The average Bonchev–Trinajstić information content (AvgIpc) is 2.06. The van der Waals surface area contributed by atoms with Crippen molar-refractivity contribution in [2.75, 3.05) is 0 Å². The van der Waals surface area contributed by atoms with Crippen molar-refractivity contribution in [2.45, 2.75) is 71.0 Å². The Morgan fingerprint density at radius 1 is 0.929 bits per heavy atom. The lowest BCUT2D eigenvalue weighted by Gasteiger charge is -2.30. The SMILES string of the molecule is CC(C)O[C@H]1CC[C@H](OC(C)N)CC1. The van der Waals surface area contributed by atoms with E-state index in [1.807, 2.05) is 6.92 Å². The van der Waals surface area contributed by atoms with E-state index >= 15 is 0 Å². The third-order valence-electron chi connectivity index (χ3n) is 2.49. The summed E-state index contributed by atoms with van der Waals surface area (Å²) in [5, 5.41) is 0. The molecule has 3 heteroatoms. The summed E-state index contributed by atoms with van der Waals surface area (Å²) in [5.74, 6) is 0. The molecular weight excluding hydrogens is 178 g/mol. The van der Waals surface area contributed by atoms with Gasteiger partial charge in [-0.05, 0) is 46.5 Å². The summed E-state index contributed by atoms with van der Waals surface area (Å²) in [6.45, 7) is 6.06. The lowest BCUT2D eigenvalue weighted by molar-refractivity contribution is -0.0681. The number of hydrogen-bond acceptors (Lipinski definition) is 3. The van der Waals surface area contributed by atoms with Crippen LogP contribution >= 0.6 is 0 Å². The minimum atomic E-state index is -0.137. The molecule has 1 aliphatic rings. The molecule has 0 aromatic carbocycles. The van der Waals surface area contributed by atoms with Gasteiger partial charge in [0.2, 0.25) is 0 Å². The maximum absolute atomic E-state index is 5.76. The Balaban J connectivity index is 2.17. The molecule has 0 spiro atoms. The van der Waals surface area contributed by atoms with E-state index in [4.69, 9.17) is 15.2 Å². The smallest absolute Gasteiger partial charge is 0.103 e. The lowest BCUT2D eigenvalue weighted by Crippen LogP contribution is -2.32. The van der Waals surface area contributed by atoms with Crippen LogP contribution < -0.4 is 5.73 Å². The molecule has 0 radical (unpaired) electrons. The first kappa shape index (κ1) is 12.0. The van der Waals surface area contributed by atoms with Crippen LogP contribution in [0.1, 0.15) is 46.5 Å². The molecule has 0 heterocycles. The van der Waals surface area contributed by atoms with Gasteiger partial charge in [0.15, 0.2) is 0 Å². The number of nitrogens with two attached hydrogens (primary N) is 1. The molecule has 0 aromatic rings. The lowest BCUT2D eigenvalue weighted by atomic mass is 9.95. The predicted octanol–water partition coefficient (Wildman–Crippen LogP) is 2.04. The Morgan fingerprint density at radius 3 is 1.71 bits per heavy atom. The molecule has 14 heavy (non-hydrogen) atoms. The summed E-state index contributed by atoms with van der Waals surface area (Å²) in [6, 6.07) is 0. The van der Waals surface area contributed by atoms with Crippen molar-refractivity contribution < 1.29 is 9.47 Å². The Bertz CT molecular complexity index is 133. The first-order chi connectivity index (χ1) is 6.58. The predicted molar refractivity (Wildman–Crippen MR) is 57.0 cm³/mol. The fourth-order valence-electron chi connectivity index (χ4n) is 1.99. The highest BCUT2D eigenvalue weighted by Gasteiger charge is 2.23. The van der Waals surface area contributed by atoms with Crippen LogP contribution in [0, 0.1) is 0 Å². The number of hydrogen-bond donors (Lipinski definition) is 1. The second-order valence-electron chi connectivity index (χ2n) is 4.42. The van der Waals surface area contributed by atoms with Gasteiger partial charge < -0.3 is 15.2 Å². The fraction of sp³-hybridized carbons (Fsp3) is 1.00. The van der Waals surface area contributed by atoms with Crippen LogP contribution in [0.3, 0.4) is 0 Å². The molecule has 2 N–H and O–H groups in total. The summed E-state index contributed by atoms with van der Waals surface area (Å²) >= 11 is 0. The van der Waals surface area contributed by atoms with Crippen molar-refractivity contribution in [3.05, 3.63) is 0 Å². The fourth-order valence-corrected chi connectivity index (χ4v) is 1.99. The maximum Gasteiger partial charge on any atom is 0.103 e. The molecule has 1 rings (SSSR count). The summed E-state index contributed by atoms with van der Waals surface area (Å²) in [6.07, 6.45) is 5.36. The van der Waals surface area contributed by atoms with E-state index < -0.39 is 0 Å². The molecule has 0 bridgehead atoms. The molecule has 1 saturated carbocycles. The zero-order valence-corrected chi connectivity index (χ0v) is 9.53. The van der Waals surface area contributed by atoms with Gasteiger partial charge in [0, 0.05) is 0 Å². The van der Waals surface area contributed by atoms with Crippen LogP contribution in [-0.4, -0.2) is 24.5 Å². The number of ether oxygens (including phenoxy) is 2. The average molecular weight is 201 g/mol. The van der Waals surface area contributed by atoms with E-state index in [2.05, 4.69) is 13.8 Å². The largest absolute Gasteiger partial charge is 0.376 e. The van der Waals surface area contributed by atoms with E-state index in [9.17, 15) is 0 Å². The van der Waals surface area contributed by atoms with E-state index in [0.29, 0.717) is 18.3 Å². The molecule has 1 aliphatic carbocycles. The minimum Gasteiger partial charge on any atom is -0.376 e. The van der Waals surface area contributed by atoms with Crippen LogP contribution in [0.5, 0.6) is 0 Å². The van der Waals surface area contributed by atoms with Crippen LogP contribution in [-0.2, 0) is 9.47 Å². The zero-order valence-electron chi connectivity index (χ0n) is 9.53. The second kappa shape index (κ2) is 5.69. The quantitative estimate of drug-likeness (QED) is 0.708. The van der Waals surface area contributed by atoms with Crippen molar-refractivity contribution in [3.8, 4) is 0 Å². The summed E-state index contributed by atoms with van der Waals surface area (Å²) in [7, 11) is 0. The van der Waals surface area contributed by atoms with Crippen molar-refractivity contribution in [1.29, 1.82) is 0 Å². The molecule has 0 aliphatic heterocycles. The van der Waals surface area contributed by atoms with Gasteiger partial charge in [-0.15, -0.1) is 0 Å². The highest BCUT2D eigenvalue weighted by atomic mass is 16.5. The maximum atomic E-state index is 5.76. The third kappa shape index (κ3) is 4.40. The highest BCUT2D eigenvalue weighted by molar-refractivity contribution is 4.73. The first-order valence-corrected chi connectivity index (χ1v) is 5.64. The standard InChI is InChI=1S/C11H23NO2/c1-8(2)13-10-4-6-11(7-5-10)14-9(3)12/h8-11H,4-7,12H2,1-3H3/t9?,10-,11-. The summed E-state index contributed by atoms with van der Waals surface area (Å²) in [4.78, 5) is 0. The first-order valence-electron chi connectivity index (χ1n) is 5.64. The van der Waals surface area contributed by atoms with Crippen LogP contribution in [0.25, 0.3) is 0 Å². The van der Waals surface area contributed by atoms with E-state index in [1.165, 1.54) is 0 Å². The van der Waals surface area contributed by atoms with Gasteiger partial charge in [-0.2, -0.15) is 0 Å².